The van der Waals surface area contributed by atoms with E-state index in [1.54, 1.807) is 6.92 Å². The zero-order valence-corrected chi connectivity index (χ0v) is 8.65. The number of fused-ring (bicyclic) bond motifs is 1. The summed E-state index contributed by atoms with van der Waals surface area (Å²) in [6.45, 7) is 1.78. The van der Waals surface area contributed by atoms with Crippen LogP contribution in [0.3, 0.4) is 0 Å². The molecule has 0 spiro atoms. The van der Waals surface area contributed by atoms with E-state index in [9.17, 15) is 19.8 Å². The van der Waals surface area contributed by atoms with Gasteiger partial charge in [-0.1, -0.05) is 6.92 Å². The molecule has 0 heterocycles. The number of hydrogen-bond acceptors (Lipinski definition) is 4. The van der Waals surface area contributed by atoms with Crippen molar-refractivity contribution in [3.63, 3.8) is 0 Å². The lowest BCUT2D eigenvalue weighted by Crippen LogP contribution is -2.13. The van der Waals surface area contributed by atoms with Gasteiger partial charge in [-0.2, -0.15) is 0 Å². The molecule has 0 unspecified atom stereocenters. The van der Waals surface area contributed by atoms with E-state index in [4.69, 9.17) is 0 Å². The predicted octanol–water partition coefficient (Wildman–Crippen LogP) is 1.60. The highest BCUT2D eigenvalue weighted by atomic mass is 16.3. The maximum Gasteiger partial charge on any atom is 0.190 e. The van der Waals surface area contributed by atoms with Gasteiger partial charge in [0.1, 0.15) is 11.5 Å². The van der Waals surface area contributed by atoms with Gasteiger partial charge in [0.15, 0.2) is 11.6 Å². The highest BCUT2D eigenvalue weighted by molar-refractivity contribution is 6.24. The lowest BCUT2D eigenvalue weighted by Gasteiger charge is -2.15. The number of rotatable bonds is 1. The van der Waals surface area contributed by atoms with Gasteiger partial charge in [-0.25, -0.2) is 0 Å². The number of phenols is 2. The molecule has 82 valence electrons. The number of allylic oxidation sites excluding steroid dienone is 2. The van der Waals surface area contributed by atoms with Crippen LogP contribution in [-0.2, 0) is 6.42 Å². The Kier molecular flexibility index (Phi) is 2.27. The van der Waals surface area contributed by atoms with Gasteiger partial charge in [0.25, 0.3) is 0 Å². The van der Waals surface area contributed by atoms with Crippen LogP contribution in [0.25, 0.3) is 0 Å². The number of aryl methyl sites for hydroxylation is 1. The number of aromatic hydroxyl groups is 2. The summed E-state index contributed by atoms with van der Waals surface area (Å²) in [4.78, 5) is 23.1. The maximum atomic E-state index is 11.6. The number of benzene rings is 1. The smallest absolute Gasteiger partial charge is 0.190 e. The Morgan fingerprint density at radius 1 is 1.06 bits per heavy atom. The minimum atomic E-state index is -0.468. The van der Waals surface area contributed by atoms with Gasteiger partial charge in [0.05, 0.1) is 11.1 Å². The van der Waals surface area contributed by atoms with E-state index in [1.165, 1.54) is 6.07 Å². The fraction of sp³-hybridized carbons (Fsp3) is 0.167. The molecule has 4 heteroatoms. The largest absolute Gasteiger partial charge is 0.507 e. The second kappa shape index (κ2) is 3.48. The van der Waals surface area contributed by atoms with Gasteiger partial charge < -0.3 is 10.2 Å². The van der Waals surface area contributed by atoms with E-state index >= 15 is 0 Å². The van der Waals surface area contributed by atoms with Crippen molar-refractivity contribution in [2.75, 3.05) is 0 Å². The van der Waals surface area contributed by atoms with Crippen LogP contribution in [0.4, 0.5) is 0 Å². The lowest BCUT2D eigenvalue weighted by molar-refractivity contribution is 0.0989. The molecule has 2 N–H and O–H groups in total. The fourth-order valence-corrected chi connectivity index (χ4v) is 1.79. The summed E-state index contributed by atoms with van der Waals surface area (Å²) in [6.07, 6.45) is 2.66. The molecule has 0 atom stereocenters. The summed E-state index contributed by atoms with van der Waals surface area (Å²) in [6, 6.07) is 1.32. The first-order valence-corrected chi connectivity index (χ1v) is 4.90. The Morgan fingerprint density at radius 2 is 1.62 bits per heavy atom. The van der Waals surface area contributed by atoms with E-state index in [0.717, 1.165) is 12.2 Å². The molecule has 0 aliphatic heterocycles. The molecule has 4 nitrogen and oxygen atoms in total. The first kappa shape index (κ1) is 10.4. The van der Waals surface area contributed by atoms with E-state index in [2.05, 4.69) is 0 Å². The summed E-state index contributed by atoms with van der Waals surface area (Å²) < 4.78 is 0. The summed E-state index contributed by atoms with van der Waals surface area (Å²) >= 11 is 0. The Bertz CT molecular complexity index is 526. The molecule has 0 amide bonds. The number of carbonyl (C=O) groups is 2. The molecule has 1 aliphatic carbocycles. The Hall–Kier alpha value is -2.10. The number of ketones is 2. The van der Waals surface area contributed by atoms with Crippen LogP contribution in [0.1, 0.15) is 33.2 Å². The zero-order chi connectivity index (χ0) is 11.9. The van der Waals surface area contributed by atoms with Crippen molar-refractivity contribution in [1.82, 2.24) is 0 Å². The average molecular weight is 218 g/mol. The SMILES string of the molecule is CCc1cc(O)c2c(c1O)C(=O)C=CC2=O. The van der Waals surface area contributed by atoms with Crippen molar-refractivity contribution in [3.8, 4) is 11.5 Å². The zero-order valence-electron chi connectivity index (χ0n) is 8.65. The molecular weight excluding hydrogens is 208 g/mol. The maximum absolute atomic E-state index is 11.6. The summed E-state index contributed by atoms with van der Waals surface area (Å²) in [5.74, 6) is -1.40. The van der Waals surface area contributed by atoms with E-state index < -0.39 is 11.6 Å². The van der Waals surface area contributed by atoms with Gasteiger partial charge in [-0.3, -0.25) is 9.59 Å². The first-order valence-electron chi connectivity index (χ1n) is 4.90. The van der Waals surface area contributed by atoms with Gasteiger partial charge in [0, 0.05) is 0 Å². The fourth-order valence-electron chi connectivity index (χ4n) is 1.79. The van der Waals surface area contributed by atoms with Crippen molar-refractivity contribution in [1.29, 1.82) is 0 Å². The molecule has 0 saturated heterocycles. The van der Waals surface area contributed by atoms with Crippen molar-refractivity contribution < 1.29 is 19.8 Å². The molecule has 1 aromatic rings. The normalized spacial score (nSPS) is 14.1. The number of carbonyl (C=O) groups excluding carboxylic acids is 2. The van der Waals surface area contributed by atoms with E-state index in [-0.39, 0.29) is 22.6 Å². The molecule has 0 radical (unpaired) electrons. The van der Waals surface area contributed by atoms with Crippen LogP contribution < -0.4 is 0 Å². The Morgan fingerprint density at radius 3 is 2.19 bits per heavy atom. The second-order valence-corrected chi connectivity index (χ2v) is 3.57. The molecule has 0 saturated carbocycles. The van der Waals surface area contributed by atoms with Crippen molar-refractivity contribution in [2.45, 2.75) is 13.3 Å². The summed E-state index contributed by atoms with van der Waals surface area (Å²) in [5, 5.41) is 19.5. The van der Waals surface area contributed by atoms with Crippen LogP contribution in [0.2, 0.25) is 0 Å². The van der Waals surface area contributed by atoms with Crippen LogP contribution in [-0.4, -0.2) is 21.8 Å². The van der Waals surface area contributed by atoms with Crippen molar-refractivity contribution >= 4 is 11.6 Å². The monoisotopic (exact) mass is 218 g/mol. The minimum Gasteiger partial charge on any atom is -0.507 e. The summed E-state index contributed by atoms with van der Waals surface area (Å²) in [7, 11) is 0. The molecule has 1 aromatic carbocycles. The highest BCUT2D eigenvalue weighted by Crippen LogP contribution is 2.36. The predicted molar refractivity (Wildman–Crippen MR) is 57.0 cm³/mol. The summed E-state index contributed by atoms with van der Waals surface area (Å²) in [5.41, 5.74) is 0.249. The highest BCUT2D eigenvalue weighted by Gasteiger charge is 2.27. The molecule has 0 fully saturated rings. The lowest BCUT2D eigenvalue weighted by atomic mass is 9.90. The third-order valence-corrected chi connectivity index (χ3v) is 2.62. The van der Waals surface area contributed by atoms with Gasteiger partial charge in [0.2, 0.25) is 0 Å². The number of hydrogen-bond donors (Lipinski definition) is 2. The van der Waals surface area contributed by atoms with Gasteiger partial charge in [-0.15, -0.1) is 0 Å². The quantitative estimate of drug-likeness (QED) is 0.702. The van der Waals surface area contributed by atoms with E-state index in [0.29, 0.717) is 12.0 Å². The molecular formula is C12H10O4. The third kappa shape index (κ3) is 1.31. The van der Waals surface area contributed by atoms with Crippen LogP contribution in [0.15, 0.2) is 18.2 Å². The molecule has 16 heavy (non-hydrogen) atoms. The standard InChI is InChI=1S/C12H10O4/c1-2-6-5-9(15)10-7(13)3-4-8(14)11(10)12(6)16/h3-5,15-16H,2H2,1H3. The average Bonchev–Trinajstić information content (AvgIpc) is 2.26. The topological polar surface area (TPSA) is 74.6 Å². The molecule has 0 bridgehead atoms. The van der Waals surface area contributed by atoms with Gasteiger partial charge in [-0.05, 0) is 30.2 Å². The third-order valence-electron chi connectivity index (χ3n) is 2.62. The molecule has 2 rings (SSSR count). The van der Waals surface area contributed by atoms with Crippen molar-refractivity contribution in [2.24, 2.45) is 0 Å². The van der Waals surface area contributed by atoms with Gasteiger partial charge >= 0.3 is 0 Å². The molecule has 1 aliphatic rings. The van der Waals surface area contributed by atoms with Crippen LogP contribution >= 0.6 is 0 Å². The Labute approximate surface area is 91.8 Å². The minimum absolute atomic E-state index is 0.0932. The van der Waals surface area contributed by atoms with Crippen LogP contribution in [0, 0.1) is 0 Å². The second-order valence-electron chi connectivity index (χ2n) is 3.57. The number of phenolic OH excluding ortho intramolecular Hbond substituents is 2. The first-order chi connectivity index (χ1) is 7.56. The Balaban J connectivity index is 2.82. The molecule has 0 aromatic heterocycles. The van der Waals surface area contributed by atoms with Crippen molar-refractivity contribution in [3.05, 3.63) is 34.9 Å². The van der Waals surface area contributed by atoms with E-state index in [1.807, 2.05) is 0 Å². The van der Waals surface area contributed by atoms with Crippen LogP contribution in [0.5, 0.6) is 11.5 Å².